The van der Waals surface area contributed by atoms with Crippen LogP contribution >= 0.6 is 11.3 Å². The Hall–Kier alpha value is -2.81. The van der Waals surface area contributed by atoms with Crippen LogP contribution in [-0.2, 0) is 11.2 Å². The maximum absolute atomic E-state index is 12.2. The van der Waals surface area contributed by atoms with Gasteiger partial charge in [0.25, 0.3) is 5.56 Å². The summed E-state index contributed by atoms with van der Waals surface area (Å²) in [7, 11) is 0. The average Bonchev–Trinajstić information content (AvgIpc) is 3.13. The molecule has 0 saturated carbocycles. The van der Waals surface area contributed by atoms with Gasteiger partial charge in [0.2, 0.25) is 11.9 Å². The molecule has 3 heterocycles. The van der Waals surface area contributed by atoms with Crippen LogP contribution in [0.4, 0.5) is 5.13 Å². The van der Waals surface area contributed by atoms with Crippen molar-refractivity contribution >= 4 is 22.4 Å². The third-order valence-electron chi connectivity index (χ3n) is 4.49. The van der Waals surface area contributed by atoms with Crippen LogP contribution in [0.3, 0.4) is 0 Å². The van der Waals surface area contributed by atoms with Crippen LogP contribution in [0.2, 0.25) is 0 Å². The Kier molecular flexibility index (Phi) is 5.22. The lowest BCUT2D eigenvalue weighted by Gasteiger charge is -2.07. The molecule has 3 aromatic heterocycles. The highest BCUT2D eigenvalue weighted by Crippen LogP contribution is 2.19. The molecule has 0 saturated heterocycles. The second-order valence-corrected chi connectivity index (χ2v) is 7.36. The van der Waals surface area contributed by atoms with Gasteiger partial charge in [-0.3, -0.25) is 14.6 Å². The van der Waals surface area contributed by atoms with Gasteiger partial charge in [-0.2, -0.15) is 5.10 Å². The number of thiazole rings is 1. The van der Waals surface area contributed by atoms with E-state index in [0.29, 0.717) is 35.2 Å². The number of nitrogens with one attached hydrogen (secondary N) is 2. The first-order valence-electron chi connectivity index (χ1n) is 8.61. The van der Waals surface area contributed by atoms with E-state index in [1.165, 1.54) is 11.3 Å². The van der Waals surface area contributed by atoms with E-state index in [1.807, 2.05) is 26.2 Å². The zero-order valence-electron chi connectivity index (χ0n) is 16.0. The minimum Gasteiger partial charge on any atom is -0.302 e. The molecule has 3 rings (SSSR count). The molecule has 8 nitrogen and oxygen atoms in total. The molecule has 0 aliphatic carbocycles. The number of rotatable bonds is 5. The first-order chi connectivity index (χ1) is 12.8. The zero-order chi connectivity index (χ0) is 19.7. The van der Waals surface area contributed by atoms with Crippen LogP contribution in [0.5, 0.6) is 0 Å². The van der Waals surface area contributed by atoms with E-state index in [9.17, 15) is 9.59 Å². The smallest absolute Gasteiger partial charge is 0.255 e. The van der Waals surface area contributed by atoms with Crippen LogP contribution in [0.1, 0.15) is 40.3 Å². The maximum Gasteiger partial charge on any atom is 0.255 e. The summed E-state index contributed by atoms with van der Waals surface area (Å²) in [6, 6.07) is 0. The third kappa shape index (κ3) is 3.97. The van der Waals surface area contributed by atoms with Crippen molar-refractivity contribution in [3.63, 3.8) is 0 Å². The SMILES string of the molecule is Cc1csc(NC(=O)CCc2c(C)nn(-c3nc(C)c(C)c(=O)[nH]3)c2C)n1. The van der Waals surface area contributed by atoms with E-state index in [0.717, 1.165) is 22.6 Å². The molecule has 0 bridgehead atoms. The first-order valence-corrected chi connectivity index (χ1v) is 9.49. The number of aryl methyl sites for hydroxylation is 3. The normalized spacial score (nSPS) is 11.0. The molecule has 3 aromatic rings. The van der Waals surface area contributed by atoms with Gasteiger partial charge in [0.05, 0.1) is 11.4 Å². The van der Waals surface area contributed by atoms with E-state index >= 15 is 0 Å². The summed E-state index contributed by atoms with van der Waals surface area (Å²) < 4.78 is 1.63. The van der Waals surface area contributed by atoms with Gasteiger partial charge in [-0.05, 0) is 46.6 Å². The average molecular weight is 386 g/mol. The van der Waals surface area contributed by atoms with Crippen LogP contribution in [0, 0.1) is 34.6 Å². The molecule has 0 aliphatic heterocycles. The monoisotopic (exact) mass is 386 g/mol. The molecular weight excluding hydrogens is 364 g/mol. The molecule has 0 atom stereocenters. The lowest BCUT2D eigenvalue weighted by atomic mass is 10.1. The van der Waals surface area contributed by atoms with Crippen molar-refractivity contribution < 1.29 is 4.79 Å². The number of amides is 1. The van der Waals surface area contributed by atoms with Crippen molar-refractivity contribution in [3.05, 3.63) is 49.6 Å². The minimum absolute atomic E-state index is 0.0892. The second kappa shape index (κ2) is 7.43. The highest BCUT2D eigenvalue weighted by molar-refractivity contribution is 7.13. The summed E-state index contributed by atoms with van der Waals surface area (Å²) in [5.41, 5.74) is 4.61. The predicted octanol–water partition coefficient (Wildman–Crippen LogP) is 2.53. The number of nitrogens with zero attached hydrogens (tertiary/aromatic N) is 4. The van der Waals surface area contributed by atoms with Gasteiger partial charge in [0, 0.05) is 28.8 Å². The molecule has 9 heteroatoms. The molecule has 142 valence electrons. The van der Waals surface area contributed by atoms with E-state index in [-0.39, 0.29) is 11.5 Å². The lowest BCUT2D eigenvalue weighted by Crippen LogP contribution is -2.18. The van der Waals surface area contributed by atoms with Gasteiger partial charge >= 0.3 is 0 Å². The topological polar surface area (TPSA) is 106 Å². The Morgan fingerprint density at radius 1 is 1.19 bits per heavy atom. The Labute approximate surface area is 160 Å². The van der Waals surface area contributed by atoms with Gasteiger partial charge in [-0.25, -0.2) is 14.6 Å². The summed E-state index contributed by atoms with van der Waals surface area (Å²) in [6.45, 7) is 9.22. The quantitative estimate of drug-likeness (QED) is 0.701. The van der Waals surface area contributed by atoms with E-state index < -0.39 is 0 Å². The Balaban J connectivity index is 1.78. The van der Waals surface area contributed by atoms with Crippen molar-refractivity contribution in [2.45, 2.75) is 47.5 Å². The first kappa shape index (κ1) is 19.0. The number of H-pyrrole nitrogens is 1. The molecule has 0 radical (unpaired) electrons. The molecule has 2 N–H and O–H groups in total. The standard InChI is InChI=1S/C18H22N6O2S/c1-9-8-27-18(19-9)21-15(25)7-6-14-12(4)23-24(13(14)5)17-20-11(3)10(2)16(26)22-17/h8H,6-7H2,1-5H3,(H,19,21,25)(H,20,22,26). The fraction of sp³-hybridized carbons (Fsp3) is 0.389. The fourth-order valence-corrected chi connectivity index (χ4v) is 3.51. The number of aromatic nitrogens is 5. The van der Waals surface area contributed by atoms with Gasteiger partial charge in [0.1, 0.15) is 0 Å². The molecule has 0 spiro atoms. The number of hydrogen-bond donors (Lipinski definition) is 2. The van der Waals surface area contributed by atoms with E-state index in [4.69, 9.17) is 0 Å². The summed E-state index contributed by atoms with van der Waals surface area (Å²) >= 11 is 1.41. The van der Waals surface area contributed by atoms with Crippen molar-refractivity contribution in [1.82, 2.24) is 24.7 Å². The lowest BCUT2D eigenvalue weighted by molar-refractivity contribution is -0.116. The molecule has 0 aromatic carbocycles. The van der Waals surface area contributed by atoms with Gasteiger partial charge < -0.3 is 5.32 Å². The van der Waals surface area contributed by atoms with Gasteiger partial charge in [-0.15, -0.1) is 11.3 Å². The van der Waals surface area contributed by atoms with E-state index in [1.54, 1.807) is 18.5 Å². The van der Waals surface area contributed by atoms with Crippen LogP contribution in [-0.4, -0.2) is 30.6 Å². The summed E-state index contributed by atoms with van der Waals surface area (Å²) in [5, 5.41) is 9.82. The Morgan fingerprint density at radius 3 is 2.56 bits per heavy atom. The van der Waals surface area contributed by atoms with Crippen molar-refractivity contribution in [1.29, 1.82) is 0 Å². The van der Waals surface area contributed by atoms with Gasteiger partial charge in [0.15, 0.2) is 5.13 Å². The number of anilines is 1. The number of aromatic amines is 1. The van der Waals surface area contributed by atoms with Crippen molar-refractivity contribution in [2.75, 3.05) is 5.32 Å². The van der Waals surface area contributed by atoms with Crippen LogP contribution < -0.4 is 10.9 Å². The van der Waals surface area contributed by atoms with Crippen LogP contribution in [0.15, 0.2) is 10.2 Å². The number of hydrogen-bond acceptors (Lipinski definition) is 6. The van der Waals surface area contributed by atoms with E-state index in [2.05, 4.69) is 25.4 Å². The third-order valence-corrected chi connectivity index (χ3v) is 5.37. The molecule has 1 amide bonds. The van der Waals surface area contributed by atoms with Crippen molar-refractivity contribution in [3.8, 4) is 5.95 Å². The second-order valence-electron chi connectivity index (χ2n) is 6.50. The zero-order valence-corrected chi connectivity index (χ0v) is 16.8. The van der Waals surface area contributed by atoms with Crippen LogP contribution in [0.25, 0.3) is 5.95 Å². The summed E-state index contributed by atoms with van der Waals surface area (Å²) in [6.07, 6.45) is 0.867. The van der Waals surface area contributed by atoms with Crippen molar-refractivity contribution in [2.24, 2.45) is 0 Å². The highest BCUT2D eigenvalue weighted by atomic mass is 32.1. The predicted molar refractivity (Wildman–Crippen MR) is 105 cm³/mol. The molecule has 0 fully saturated rings. The molecular formula is C18H22N6O2S. The van der Waals surface area contributed by atoms with Gasteiger partial charge in [-0.1, -0.05) is 0 Å². The Morgan fingerprint density at radius 2 is 1.93 bits per heavy atom. The fourth-order valence-electron chi connectivity index (χ4n) is 2.81. The molecule has 0 aliphatic rings. The summed E-state index contributed by atoms with van der Waals surface area (Å²) in [5.74, 6) is 0.297. The number of carbonyl (C=O) groups is 1. The molecule has 0 unspecified atom stereocenters. The largest absolute Gasteiger partial charge is 0.302 e. The maximum atomic E-state index is 12.2. The Bertz CT molecular complexity index is 1060. The highest BCUT2D eigenvalue weighted by Gasteiger charge is 2.16. The molecule has 27 heavy (non-hydrogen) atoms. The number of carbonyl (C=O) groups excluding carboxylic acids is 1. The summed E-state index contributed by atoms with van der Waals surface area (Å²) in [4.78, 5) is 35.7. The minimum atomic E-state index is -0.176.